The zero-order valence-corrected chi connectivity index (χ0v) is 11.5. The van der Waals surface area contributed by atoms with Crippen molar-refractivity contribution in [3.8, 4) is 11.8 Å². The SMILES string of the molecule is Cc1ccc(OCCC(C)(C)C#N)c(C(C)O)c1. The maximum absolute atomic E-state index is 9.70. The highest BCUT2D eigenvalue weighted by molar-refractivity contribution is 5.38. The summed E-state index contributed by atoms with van der Waals surface area (Å²) in [5, 5.41) is 18.6. The number of rotatable bonds is 5. The Morgan fingerprint density at radius 1 is 1.44 bits per heavy atom. The molecule has 0 saturated carbocycles. The summed E-state index contributed by atoms with van der Waals surface area (Å²) >= 11 is 0. The van der Waals surface area contributed by atoms with Crippen LogP contribution in [0.2, 0.25) is 0 Å². The second-order valence-electron chi connectivity index (χ2n) is 5.31. The van der Waals surface area contributed by atoms with E-state index in [0.29, 0.717) is 18.8 Å². The van der Waals surface area contributed by atoms with Gasteiger partial charge < -0.3 is 9.84 Å². The van der Waals surface area contributed by atoms with Crippen LogP contribution in [0.25, 0.3) is 0 Å². The van der Waals surface area contributed by atoms with Crippen molar-refractivity contribution in [3.63, 3.8) is 0 Å². The maximum Gasteiger partial charge on any atom is 0.125 e. The number of nitriles is 1. The summed E-state index contributed by atoms with van der Waals surface area (Å²) in [7, 11) is 0. The summed E-state index contributed by atoms with van der Waals surface area (Å²) in [6, 6.07) is 8.00. The summed E-state index contributed by atoms with van der Waals surface area (Å²) in [6.07, 6.45) is 0.111. The molecule has 3 heteroatoms. The molecule has 1 atom stereocenters. The molecule has 3 nitrogen and oxygen atoms in total. The first-order chi connectivity index (χ1) is 8.35. The van der Waals surface area contributed by atoms with Gasteiger partial charge in [0.15, 0.2) is 0 Å². The van der Waals surface area contributed by atoms with Crippen LogP contribution in [0.5, 0.6) is 5.75 Å². The zero-order valence-electron chi connectivity index (χ0n) is 11.5. The molecular weight excluding hydrogens is 226 g/mol. The molecule has 1 aromatic rings. The van der Waals surface area contributed by atoms with Gasteiger partial charge in [-0.2, -0.15) is 5.26 Å². The molecule has 0 aliphatic carbocycles. The van der Waals surface area contributed by atoms with Crippen LogP contribution in [0.1, 0.15) is 44.4 Å². The van der Waals surface area contributed by atoms with E-state index in [1.807, 2.05) is 39.0 Å². The Kier molecular flexibility index (Phi) is 4.75. The lowest BCUT2D eigenvalue weighted by molar-refractivity contribution is 0.188. The highest BCUT2D eigenvalue weighted by Gasteiger charge is 2.17. The van der Waals surface area contributed by atoms with Crippen LogP contribution < -0.4 is 4.74 Å². The first-order valence-electron chi connectivity index (χ1n) is 6.18. The predicted molar refractivity (Wildman–Crippen MR) is 71.3 cm³/mol. The molecule has 18 heavy (non-hydrogen) atoms. The topological polar surface area (TPSA) is 53.2 Å². The van der Waals surface area contributed by atoms with Crippen LogP contribution in [-0.4, -0.2) is 11.7 Å². The van der Waals surface area contributed by atoms with Crippen LogP contribution >= 0.6 is 0 Å². The van der Waals surface area contributed by atoms with Gasteiger partial charge in [-0.1, -0.05) is 11.6 Å². The highest BCUT2D eigenvalue weighted by Crippen LogP contribution is 2.27. The molecule has 0 bridgehead atoms. The summed E-state index contributed by atoms with van der Waals surface area (Å²) in [5.74, 6) is 0.698. The second-order valence-corrected chi connectivity index (χ2v) is 5.31. The van der Waals surface area contributed by atoms with Gasteiger partial charge >= 0.3 is 0 Å². The Morgan fingerprint density at radius 3 is 2.67 bits per heavy atom. The fourth-order valence-corrected chi connectivity index (χ4v) is 1.60. The van der Waals surface area contributed by atoms with Gasteiger partial charge in [-0.25, -0.2) is 0 Å². The lowest BCUT2D eigenvalue weighted by Gasteiger charge is -2.18. The molecular formula is C15H21NO2. The van der Waals surface area contributed by atoms with Crippen LogP contribution in [-0.2, 0) is 0 Å². The Balaban J connectivity index is 2.71. The first-order valence-corrected chi connectivity index (χ1v) is 6.18. The van der Waals surface area contributed by atoms with E-state index >= 15 is 0 Å². The van der Waals surface area contributed by atoms with Crippen LogP contribution in [0.3, 0.4) is 0 Å². The predicted octanol–water partition coefficient (Wildman–Crippen LogP) is 3.37. The Bertz CT molecular complexity index is 444. The van der Waals surface area contributed by atoms with Gasteiger partial charge in [0.25, 0.3) is 0 Å². The number of benzene rings is 1. The Hall–Kier alpha value is -1.53. The fourth-order valence-electron chi connectivity index (χ4n) is 1.60. The summed E-state index contributed by atoms with van der Waals surface area (Å²) in [4.78, 5) is 0. The largest absolute Gasteiger partial charge is 0.493 e. The van der Waals surface area contributed by atoms with Crippen LogP contribution in [0.4, 0.5) is 0 Å². The van der Waals surface area contributed by atoms with Crippen molar-refractivity contribution in [2.24, 2.45) is 5.41 Å². The quantitative estimate of drug-likeness (QED) is 0.868. The van der Waals surface area contributed by atoms with Gasteiger partial charge in [0.1, 0.15) is 5.75 Å². The van der Waals surface area contributed by atoms with Gasteiger partial charge in [0.05, 0.1) is 24.2 Å². The smallest absolute Gasteiger partial charge is 0.125 e. The molecule has 0 spiro atoms. The van der Waals surface area contributed by atoms with Crippen molar-refractivity contribution in [2.75, 3.05) is 6.61 Å². The highest BCUT2D eigenvalue weighted by atomic mass is 16.5. The summed E-state index contributed by atoms with van der Waals surface area (Å²) in [6.45, 7) is 7.96. The molecule has 1 rings (SSSR count). The number of aliphatic hydroxyl groups excluding tert-OH is 1. The molecule has 0 saturated heterocycles. The number of ether oxygens (including phenoxy) is 1. The van der Waals surface area contributed by atoms with Crippen LogP contribution in [0, 0.1) is 23.7 Å². The van der Waals surface area contributed by atoms with E-state index < -0.39 is 6.10 Å². The molecule has 0 radical (unpaired) electrons. The fraction of sp³-hybridized carbons (Fsp3) is 0.533. The zero-order chi connectivity index (χ0) is 13.8. The van der Waals surface area contributed by atoms with Crippen LogP contribution in [0.15, 0.2) is 18.2 Å². The molecule has 0 fully saturated rings. The summed E-state index contributed by atoms with van der Waals surface area (Å²) < 4.78 is 5.68. The van der Waals surface area contributed by atoms with E-state index in [1.54, 1.807) is 6.92 Å². The van der Waals surface area contributed by atoms with E-state index in [9.17, 15) is 5.11 Å². The molecule has 1 unspecified atom stereocenters. The van der Waals surface area contributed by atoms with Gasteiger partial charge in [0, 0.05) is 5.56 Å². The Labute approximate surface area is 109 Å². The average Bonchev–Trinajstić information content (AvgIpc) is 2.30. The van der Waals surface area contributed by atoms with E-state index in [0.717, 1.165) is 11.1 Å². The van der Waals surface area contributed by atoms with Crippen molar-refractivity contribution in [1.29, 1.82) is 5.26 Å². The maximum atomic E-state index is 9.70. The van der Waals surface area contributed by atoms with Crippen molar-refractivity contribution < 1.29 is 9.84 Å². The number of aliphatic hydroxyl groups is 1. The van der Waals surface area contributed by atoms with E-state index in [2.05, 4.69) is 6.07 Å². The number of hydrogen-bond donors (Lipinski definition) is 1. The second kappa shape index (κ2) is 5.88. The number of hydrogen-bond acceptors (Lipinski definition) is 3. The minimum absolute atomic E-state index is 0.379. The summed E-state index contributed by atoms with van der Waals surface area (Å²) in [5.41, 5.74) is 1.51. The van der Waals surface area contributed by atoms with E-state index in [1.165, 1.54) is 0 Å². The Morgan fingerprint density at radius 2 is 2.11 bits per heavy atom. The lowest BCUT2D eigenvalue weighted by atomic mass is 9.92. The molecule has 0 heterocycles. The molecule has 98 valence electrons. The van der Waals surface area contributed by atoms with Crippen molar-refractivity contribution in [2.45, 2.75) is 40.2 Å². The van der Waals surface area contributed by atoms with Crippen molar-refractivity contribution in [3.05, 3.63) is 29.3 Å². The van der Waals surface area contributed by atoms with Crippen molar-refractivity contribution >= 4 is 0 Å². The van der Waals surface area contributed by atoms with Crippen molar-refractivity contribution in [1.82, 2.24) is 0 Å². The first kappa shape index (κ1) is 14.5. The molecule has 1 aromatic carbocycles. The van der Waals surface area contributed by atoms with E-state index in [4.69, 9.17) is 10.00 Å². The monoisotopic (exact) mass is 247 g/mol. The molecule has 0 aromatic heterocycles. The minimum atomic E-state index is -0.552. The van der Waals surface area contributed by atoms with Gasteiger partial charge in [-0.05, 0) is 46.2 Å². The molecule has 0 amide bonds. The van der Waals surface area contributed by atoms with Gasteiger partial charge in [-0.3, -0.25) is 0 Å². The third kappa shape index (κ3) is 4.05. The minimum Gasteiger partial charge on any atom is -0.493 e. The number of aryl methyl sites for hydroxylation is 1. The third-order valence-corrected chi connectivity index (χ3v) is 2.90. The van der Waals surface area contributed by atoms with E-state index in [-0.39, 0.29) is 5.41 Å². The average molecular weight is 247 g/mol. The normalized spacial score (nSPS) is 12.9. The molecule has 0 aliphatic rings. The third-order valence-electron chi connectivity index (χ3n) is 2.90. The molecule has 1 N–H and O–H groups in total. The standard InChI is InChI=1S/C15H21NO2/c1-11-5-6-14(13(9-11)12(2)17)18-8-7-15(3,4)10-16/h5-6,9,12,17H,7-8H2,1-4H3. The lowest BCUT2D eigenvalue weighted by Crippen LogP contribution is -2.13. The molecule has 0 aliphatic heterocycles. The van der Waals surface area contributed by atoms with Gasteiger partial charge in [-0.15, -0.1) is 0 Å². The number of nitrogens with zero attached hydrogens (tertiary/aromatic N) is 1. The van der Waals surface area contributed by atoms with Gasteiger partial charge in [0.2, 0.25) is 0 Å².